The third-order valence-corrected chi connectivity index (χ3v) is 5.64. The smallest absolute Gasteiger partial charge is 0.252 e. The van der Waals surface area contributed by atoms with E-state index in [-0.39, 0.29) is 11.9 Å². The lowest BCUT2D eigenvalue weighted by Crippen LogP contribution is -2.44. The Kier molecular flexibility index (Phi) is 4.41. The number of nitrogens with zero attached hydrogens (tertiary/aromatic N) is 3. The molecule has 4 rings (SSSR count). The maximum Gasteiger partial charge on any atom is 0.252 e. The van der Waals surface area contributed by atoms with Crippen molar-refractivity contribution in [2.45, 2.75) is 25.8 Å². The zero-order valence-electron chi connectivity index (χ0n) is 13.7. The van der Waals surface area contributed by atoms with Crippen LogP contribution in [0.25, 0.3) is 0 Å². The minimum absolute atomic E-state index is 0.0932. The van der Waals surface area contributed by atoms with E-state index in [2.05, 4.69) is 50.0 Å². The first-order chi connectivity index (χ1) is 12.0. The van der Waals surface area contributed by atoms with Gasteiger partial charge in [0.05, 0.1) is 5.69 Å². The minimum Gasteiger partial charge on any atom is -0.310 e. The van der Waals surface area contributed by atoms with Gasteiger partial charge < -0.3 is 4.90 Å². The molecule has 0 aliphatic carbocycles. The topological polar surface area (TPSA) is 35.9 Å². The highest BCUT2D eigenvalue weighted by Gasteiger charge is 2.38. The second-order valence-corrected chi connectivity index (χ2v) is 8.22. The number of carbonyl (C=O) groups excluding carboxylic acids is 1. The van der Waals surface area contributed by atoms with Crippen LogP contribution in [0.4, 0.5) is 11.4 Å². The number of rotatable bonds is 2. The fraction of sp³-hybridized carbons (Fsp3) is 0.263. The highest BCUT2D eigenvalue weighted by molar-refractivity contribution is 9.18. The predicted octanol–water partition coefficient (Wildman–Crippen LogP) is 4.63. The molecule has 0 fully saturated rings. The van der Waals surface area contributed by atoms with E-state index in [0.29, 0.717) is 6.42 Å². The third-order valence-electron chi connectivity index (χ3n) is 4.67. The maximum absolute atomic E-state index is 13.3. The molecule has 0 saturated carbocycles. The Morgan fingerprint density at radius 1 is 1.16 bits per heavy atom. The molecule has 0 spiro atoms. The van der Waals surface area contributed by atoms with Crippen LogP contribution in [0.5, 0.6) is 0 Å². The number of hydrogen-bond donors (Lipinski definition) is 0. The van der Waals surface area contributed by atoms with Gasteiger partial charge in [-0.25, -0.2) is 0 Å². The summed E-state index contributed by atoms with van der Waals surface area (Å²) in [5, 5.41) is 6.38. The van der Waals surface area contributed by atoms with Gasteiger partial charge in [0.15, 0.2) is 0 Å². The first kappa shape index (κ1) is 16.8. The lowest BCUT2D eigenvalue weighted by molar-refractivity contribution is -0.119. The van der Waals surface area contributed by atoms with Crippen LogP contribution in [0.3, 0.4) is 0 Å². The monoisotopic (exact) mass is 461 g/mol. The summed E-state index contributed by atoms with van der Waals surface area (Å²) in [4.78, 5) is 15.2. The molecule has 0 saturated heterocycles. The third kappa shape index (κ3) is 3.13. The average Bonchev–Trinajstić information content (AvgIpc) is 3.18. The quantitative estimate of drug-likeness (QED) is 0.652. The van der Waals surface area contributed by atoms with Gasteiger partial charge in [0.25, 0.3) is 5.91 Å². The van der Waals surface area contributed by atoms with Gasteiger partial charge in [-0.2, -0.15) is 5.10 Å². The molecule has 0 bridgehead atoms. The van der Waals surface area contributed by atoms with Crippen molar-refractivity contribution < 1.29 is 4.79 Å². The normalized spacial score (nSPS) is 19.2. The fourth-order valence-electron chi connectivity index (χ4n) is 3.36. The molecule has 2 aliphatic heterocycles. The summed E-state index contributed by atoms with van der Waals surface area (Å²) in [6.45, 7) is 2.77. The summed E-state index contributed by atoms with van der Waals surface area (Å²) in [5.41, 5.74) is 4.35. The van der Waals surface area contributed by atoms with E-state index < -0.39 is 0 Å². The van der Waals surface area contributed by atoms with Crippen LogP contribution in [0.1, 0.15) is 17.5 Å². The van der Waals surface area contributed by atoms with E-state index in [0.717, 1.165) is 33.4 Å². The van der Waals surface area contributed by atoms with E-state index in [9.17, 15) is 4.79 Å². The zero-order chi connectivity index (χ0) is 17.6. The van der Waals surface area contributed by atoms with E-state index in [1.54, 1.807) is 0 Å². The Labute approximate surface area is 163 Å². The summed E-state index contributed by atoms with van der Waals surface area (Å²) in [6, 6.07) is 13.9. The van der Waals surface area contributed by atoms with Crippen LogP contribution in [-0.4, -0.2) is 23.1 Å². The van der Waals surface area contributed by atoms with Gasteiger partial charge in [-0.3, -0.25) is 9.80 Å². The maximum atomic E-state index is 13.3. The van der Waals surface area contributed by atoms with Gasteiger partial charge in [-0.1, -0.05) is 39.7 Å². The molecule has 2 aliphatic rings. The van der Waals surface area contributed by atoms with Gasteiger partial charge >= 0.3 is 0 Å². The van der Waals surface area contributed by atoms with Crippen LogP contribution < -0.4 is 9.91 Å². The van der Waals surface area contributed by atoms with E-state index in [1.165, 1.54) is 11.1 Å². The molecular formula is C19H17Br2N3O. The van der Waals surface area contributed by atoms with E-state index >= 15 is 0 Å². The van der Waals surface area contributed by atoms with Gasteiger partial charge in [-0.15, -0.1) is 0 Å². The van der Waals surface area contributed by atoms with Crippen LogP contribution in [0.15, 0.2) is 52.0 Å². The average molecular weight is 463 g/mol. The van der Waals surface area contributed by atoms with Crippen molar-refractivity contribution in [1.82, 2.24) is 0 Å². The van der Waals surface area contributed by atoms with Gasteiger partial charge in [0.1, 0.15) is 10.7 Å². The van der Waals surface area contributed by atoms with Crippen molar-refractivity contribution in [3.63, 3.8) is 0 Å². The molecule has 2 aromatic rings. The number of hydrazone groups is 1. The molecule has 0 aromatic heterocycles. The minimum atomic E-state index is -0.318. The summed E-state index contributed by atoms with van der Waals surface area (Å²) in [5.74, 6) is 0.0932. The van der Waals surface area contributed by atoms with Crippen molar-refractivity contribution in [3.05, 3.63) is 58.1 Å². The van der Waals surface area contributed by atoms with Crippen LogP contribution in [-0.2, 0) is 11.2 Å². The molecule has 25 heavy (non-hydrogen) atoms. The molecule has 128 valence electrons. The Bertz CT molecular complexity index is 863. The molecule has 0 N–H and O–H groups in total. The SMILES string of the molecule is Cc1ccc(N2N=C(Br)CC2C(=O)N2CCc3ccc(Br)cc32)cc1. The largest absolute Gasteiger partial charge is 0.310 e. The molecule has 2 heterocycles. The van der Waals surface area contributed by atoms with Gasteiger partial charge in [0, 0.05) is 23.1 Å². The molecule has 6 heteroatoms. The Balaban J connectivity index is 1.64. The van der Waals surface area contributed by atoms with Crippen molar-refractivity contribution >= 4 is 53.8 Å². The Hall–Kier alpha value is -1.66. The molecule has 1 amide bonds. The van der Waals surface area contributed by atoms with Crippen molar-refractivity contribution in [2.75, 3.05) is 16.5 Å². The van der Waals surface area contributed by atoms with Crippen molar-refractivity contribution in [1.29, 1.82) is 0 Å². The number of aryl methyl sites for hydroxylation is 1. The number of halogens is 2. The molecular weight excluding hydrogens is 446 g/mol. The number of hydrogen-bond acceptors (Lipinski definition) is 3. The predicted molar refractivity (Wildman–Crippen MR) is 109 cm³/mol. The number of fused-ring (bicyclic) bond motifs is 1. The second-order valence-electron chi connectivity index (χ2n) is 6.39. The van der Waals surface area contributed by atoms with Crippen molar-refractivity contribution in [2.24, 2.45) is 5.10 Å². The van der Waals surface area contributed by atoms with Gasteiger partial charge in [-0.05, 0) is 59.1 Å². The highest BCUT2D eigenvalue weighted by atomic mass is 79.9. The standard InChI is InChI=1S/C19H17Br2N3O/c1-12-2-6-15(7-3-12)24-17(11-18(21)22-24)19(25)23-9-8-13-4-5-14(20)10-16(13)23/h2-7,10,17H,8-9,11H2,1H3. The first-order valence-electron chi connectivity index (χ1n) is 8.21. The molecule has 1 unspecified atom stereocenters. The van der Waals surface area contributed by atoms with Crippen LogP contribution in [0.2, 0.25) is 0 Å². The summed E-state index contributed by atoms with van der Waals surface area (Å²) in [7, 11) is 0. The molecule has 0 radical (unpaired) electrons. The lowest BCUT2D eigenvalue weighted by Gasteiger charge is -2.27. The molecule has 2 aromatic carbocycles. The molecule has 1 atom stereocenters. The summed E-state index contributed by atoms with van der Waals surface area (Å²) >= 11 is 6.99. The lowest BCUT2D eigenvalue weighted by atomic mass is 10.1. The Morgan fingerprint density at radius 2 is 1.92 bits per heavy atom. The number of anilines is 2. The summed E-state index contributed by atoms with van der Waals surface area (Å²) in [6.07, 6.45) is 1.49. The second kappa shape index (κ2) is 6.57. The van der Waals surface area contributed by atoms with E-state index in [4.69, 9.17) is 0 Å². The van der Waals surface area contributed by atoms with Crippen molar-refractivity contribution in [3.8, 4) is 0 Å². The number of benzene rings is 2. The van der Waals surface area contributed by atoms with E-state index in [1.807, 2.05) is 46.3 Å². The number of carbonyl (C=O) groups is 1. The van der Waals surface area contributed by atoms with Crippen LogP contribution >= 0.6 is 31.9 Å². The summed E-state index contributed by atoms with van der Waals surface area (Å²) < 4.78 is 1.80. The molecule has 4 nitrogen and oxygen atoms in total. The first-order valence-corrected chi connectivity index (χ1v) is 9.80. The zero-order valence-corrected chi connectivity index (χ0v) is 16.9. The fourth-order valence-corrected chi connectivity index (χ4v) is 4.19. The van der Waals surface area contributed by atoms with Gasteiger partial charge in [0.2, 0.25) is 0 Å². The Morgan fingerprint density at radius 3 is 2.68 bits per heavy atom. The number of amides is 1. The van der Waals surface area contributed by atoms with Crippen LogP contribution in [0, 0.1) is 6.92 Å². The highest BCUT2D eigenvalue weighted by Crippen LogP contribution is 2.34.